The van der Waals surface area contributed by atoms with E-state index in [0.29, 0.717) is 28.7 Å². The summed E-state index contributed by atoms with van der Waals surface area (Å²) in [5, 5.41) is 5.35. The summed E-state index contributed by atoms with van der Waals surface area (Å²) < 4.78 is 20.5. The number of fused-ring (bicyclic) bond motifs is 1. The third-order valence-corrected chi connectivity index (χ3v) is 6.33. The fraction of sp³-hybridized carbons (Fsp3) is 0.269. The third-order valence-electron chi connectivity index (χ3n) is 5.44. The molecule has 2 heterocycles. The topological polar surface area (TPSA) is 71.0 Å². The first kappa shape index (κ1) is 23.8. The number of hydrogen-bond donors (Lipinski definition) is 1. The van der Waals surface area contributed by atoms with Gasteiger partial charge in [0.15, 0.2) is 5.17 Å². The number of nitrogens with zero attached hydrogens (tertiary/aromatic N) is 2. The predicted molar refractivity (Wildman–Crippen MR) is 131 cm³/mol. The molecule has 0 fully saturated rings. The number of amides is 1. The Morgan fingerprint density at radius 1 is 1.15 bits per heavy atom. The van der Waals surface area contributed by atoms with Crippen LogP contribution in [0.3, 0.4) is 0 Å². The summed E-state index contributed by atoms with van der Waals surface area (Å²) in [7, 11) is 0. The summed E-state index contributed by atoms with van der Waals surface area (Å²) in [4.78, 5) is 32.2. The Balaban J connectivity index is 1.63. The summed E-state index contributed by atoms with van der Waals surface area (Å²) in [6, 6.07) is 15.2. The molecule has 0 saturated heterocycles. The predicted octanol–water partition coefficient (Wildman–Crippen LogP) is 5.06. The molecule has 34 heavy (non-hydrogen) atoms. The zero-order chi connectivity index (χ0) is 24.2. The van der Waals surface area contributed by atoms with Crippen molar-refractivity contribution in [2.45, 2.75) is 45.9 Å². The summed E-state index contributed by atoms with van der Waals surface area (Å²) in [6.07, 6.45) is -0.277. The van der Waals surface area contributed by atoms with Gasteiger partial charge in [-0.3, -0.25) is 4.79 Å². The van der Waals surface area contributed by atoms with E-state index in [1.165, 1.54) is 17.8 Å². The molecule has 8 heteroatoms. The number of carbonyl (C=O) groups excluding carboxylic acids is 2. The van der Waals surface area contributed by atoms with E-state index in [2.05, 4.69) is 10.3 Å². The van der Waals surface area contributed by atoms with Gasteiger partial charge in [-0.05, 0) is 37.8 Å². The molecule has 1 N–H and O–H groups in total. The van der Waals surface area contributed by atoms with Gasteiger partial charge in [0, 0.05) is 17.8 Å². The van der Waals surface area contributed by atoms with Gasteiger partial charge in [0.2, 0.25) is 5.91 Å². The molecular weight excluding hydrogens is 453 g/mol. The van der Waals surface area contributed by atoms with E-state index in [1.54, 1.807) is 43.9 Å². The molecule has 1 atom stereocenters. The van der Waals surface area contributed by atoms with E-state index in [4.69, 9.17) is 4.74 Å². The lowest BCUT2D eigenvalue weighted by molar-refractivity contribution is -0.143. The van der Waals surface area contributed by atoms with Crippen molar-refractivity contribution in [1.29, 1.82) is 0 Å². The van der Waals surface area contributed by atoms with Crippen molar-refractivity contribution in [1.82, 2.24) is 10.2 Å². The number of nitrogens with one attached hydrogen (secondary N) is 1. The number of allylic oxidation sites excluding steroid dienone is 1. The van der Waals surface area contributed by atoms with Gasteiger partial charge >= 0.3 is 5.97 Å². The lowest BCUT2D eigenvalue weighted by atomic mass is 9.93. The first-order chi connectivity index (χ1) is 16.3. The number of esters is 1. The van der Waals surface area contributed by atoms with E-state index in [1.807, 2.05) is 35.7 Å². The average Bonchev–Trinajstić information content (AvgIpc) is 3.19. The van der Waals surface area contributed by atoms with Crippen LogP contribution in [0.25, 0.3) is 0 Å². The lowest BCUT2D eigenvalue weighted by Gasteiger charge is -2.36. The van der Waals surface area contributed by atoms with Crippen LogP contribution in [-0.2, 0) is 20.9 Å². The maximum absolute atomic E-state index is 15.0. The van der Waals surface area contributed by atoms with Gasteiger partial charge in [-0.2, -0.15) is 0 Å². The standard InChI is InChI=1S/C26H26FN3O3S/c1-16(2)33-25(32)23-17(3)29-26-30(24(23)20-11-7-8-12-21(20)27)19(15-34-26)13-22(31)28-14-18-9-5-4-6-10-18/h4-12,15-16,24H,13-14H2,1-3H3,(H,28,31)/t24-/m1/s1. The maximum Gasteiger partial charge on any atom is 0.338 e. The number of halogens is 1. The highest BCUT2D eigenvalue weighted by Gasteiger charge is 2.42. The van der Waals surface area contributed by atoms with Gasteiger partial charge in [0.25, 0.3) is 0 Å². The largest absolute Gasteiger partial charge is 0.459 e. The second-order valence-electron chi connectivity index (χ2n) is 8.31. The van der Waals surface area contributed by atoms with Crippen molar-refractivity contribution < 1.29 is 18.7 Å². The second kappa shape index (κ2) is 10.3. The highest BCUT2D eigenvalue weighted by atomic mass is 32.2. The van der Waals surface area contributed by atoms with E-state index < -0.39 is 17.8 Å². The second-order valence-corrected chi connectivity index (χ2v) is 9.14. The minimum atomic E-state index is -0.789. The van der Waals surface area contributed by atoms with Crippen LogP contribution < -0.4 is 5.32 Å². The van der Waals surface area contributed by atoms with Crippen molar-refractivity contribution in [2.24, 2.45) is 4.99 Å². The van der Waals surface area contributed by atoms with Gasteiger partial charge in [-0.25, -0.2) is 14.2 Å². The summed E-state index contributed by atoms with van der Waals surface area (Å²) in [5.41, 5.74) is 2.70. The molecule has 0 radical (unpaired) electrons. The Morgan fingerprint density at radius 3 is 2.56 bits per heavy atom. The minimum Gasteiger partial charge on any atom is -0.459 e. The van der Waals surface area contributed by atoms with E-state index in [9.17, 15) is 9.59 Å². The molecule has 176 valence electrons. The fourth-order valence-corrected chi connectivity index (χ4v) is 4.89. The summed E-state index contributed by atoms with van der Waals surface area (Å²) >= 11 is 1.35. The zero-order valence-electron chi connectivity index (χ0n) is 19.2. The fourth-order valence-electron chi connectivity index (χ4n) is 3.92. The smallest absolute Gasteiger partial charge is 0.338 e. The molecule has 2 aromatic carbocycles. The molecule has 0 spiro atoms. The van der Waals surface area contributed by atoms with Crippen molar-refractivity contribution in [3.8, 4) is 0 Å². The first-order valence-corrected chi connectivity index (χ1v) is 11.9. The van der Waals surface area contributed by atoms with Crippen LogP contribution in [0.1, 0.15) is 44.4 Å². The van der Waals surface area contributed by atoms with E-state index >= 15 is 4.39 Å². The average molecular weight is 480 g/mol. The van der Waals surface area contributed by atoms with Gasteiger partial charge in [-0.1, -0.05) is 60.3 Å². The summed E-state index contributed by atoms with van der Waals surface area (Å²) in [5.74, 6) is -1.17. The number of ether oxygens (including phenoxy) is 1. The molecule has 2 aliphatic rings. The van der Waals surface area contributed by atoms with Gasteiger partial charge < -0.3 is 15.0 Å². The highest BCUT2D eigenvalue weighted by Crippen LogP contribution is 2.45. The van der Waals surface area contributed by atoms with Crippen LogP contribution in [-0.4, -0.2) is 28.0 Å². The molecule has 0 unspecified atom stereocenters. The Bertz CT molecular complexity index is 1190. The molecule has 1 amide bonds. The van der Waals surface area contributed by atoms with Crippen LogP contribution in [0, 0.1) is 5.82 Å². The molecule has 6 nitrogen and oxygen atoms in total. The molecule has 0 bridgehead atoms. The number of amidine groups is 1. The monoisotopic (exact) mass is 479 g/mol. The number of carbonyl (C=O) groups is 2. The number of aliphatic imine (C=N–C) groups is 1. The Kier molecular flexibility index (Phi) is 7.17. The molecule has 0 saturated carbocycles. The van der Waals surface area contributed by atoms with Crippen molar-refractivity contribution in [3.05, 3.63) is 93.9 Å². The maximum atomic E-state index is 15.0. The molecular formula is C26H26FN3O3S. The minimum absolute atomic E-state index is 0.0648. The first-order valence-electron chi connectivity index (χ1n) is 11.1. The lowest BCUT2D eigenvalue weighted by Crippen LogP contribution is -2.38. The molecule has 0 aliphatic carbocycles. The van der Waals surface area contributed by atoms with Crippen LogP contribution in [0.2, 0.25) is 0 Å². The molecule has 2 aromatic rings. The Hall–Kier alpha value is -3.39. The van der Waals surface area contributed by atoms with E-state index in [-0.39, 0.29) is 24.0 Å². The van der Waals surface area contributed by atoms with E-state index in [0.717, 1.165) is 5.56 Å². The number of rotatable bonds is 7. The van der Waals surface area contributed by atoms with Crippen LogP contribution in [0.15, 0.2) is 82.0 Å². The number of thioether (sulfide) groups is 1. The Labute approximate surface area is 202 Å². The van der Waals surface area contributed by atoms with Crippen molar-refractivity contribution in [2.75, 3.05) is 0 Å². The Morgan fingerprint density at radius 2 is 1.85 bits per heavy atom. The van der Waals surface area contributed by atoms with Gasteiger partial charge in [0.1, 0.15) is 5.82 Å². The normalized spacial score (nSPS) is 17.3. The summed E-state index contributed by atoms with van der Waals surface area (Å²) in [6.45, 7) is 5.65. The van der Waals surface area contributed by atoms with Crippen LogP contribution >= 0.6 is 11.8 Å². The van der Waals surface area contributed by atoms with Gasteiger partial charge in [0.05, 0.1) is 29.8 Å². The SMILES string of the molecule is CC1=C(C(=O)OC(C)C)[C@@H](c2ccccc2F)N2C(CC(=O)NCc3ccccc3)=CSC2=N1. The molecule has 0 aromatic heterocycles. The zero-order valence-corrected chi connectivity index (χ0v) is 20.1. The molecule has 4 rings (SSSR count). The van der Waals surface area contributed by atoms with Crippen LogP contribution in [0.5, 0.6) is 0 Å². The van der Waals surface area contributed by atoms with Crippen LogP contribution in [0.4, 0.5) is 4.39 Å². The molecule has 2 aliphatic heterocycles. The van der Waals surface area contributed by atoms with Gasteiger partial charge in [-0.15, -0.1) is 0 Å². The van der Waals surface area contributed by atoms with Crippen molar-refractivity contribution in [3.63, 3.8) is 0 Å². The number of benzene rings is 2. The number of hydrogen-bond acceptors (Lipinski definition) is 6. The third kappa shape index (κ3) is 5.07. The highest BCUT2D eigenvalue weighted by molar-refractivity contribution is 8.16. The van der Waals surface area contributed by atoms with Crippen molar-refractivity contribution >= 4 is 28.8 Å². The quantitative estimate of drug-likeness (QED) is 0.562.